The van der Waals surface area contributed by atoms with Gasteiger partial charge >= 0.3 is 0 Å². The van der Waals surface area contributed by atoms with Crippen LogP contribution in [0.2, 0.25) is 0 Å². The van der Waals surface area contributed by atoms with Gasteiger partial charge in [0.25, 0.3) is 0 Å². The highest BCUT2D eigenvalue weighted by atomic mass is 19.1. The molecule has 0 atom stereocenters. The van der Waals surface area contributed by atoms with Crippen molar-refractivity contribution in [2.24, 2.45) is 5.73 Å². The maximum absolute atomic E-state index is 13.8. The Kier molecular flexibility index (Phi) is 5.26. The van der Waals surface area contributed by atoms with Crippen molar-refractivity contribution in [2.45, 2.75) is 39.5 Å². The van der Waals surface area contributed by atoms with Gasteiger partial charge in [0.2, 0.25) is 0 Å². The normalized spacial score (nSPS) is 12.2. The fraction of sp³-hybridized carbons (Fsp3) is 0.571. The van der Waals surface area contributed by atoms with Gasteiger partial charge in [0, 0.05) is 25.2 Å². The molecule has 4 heteroatoms. The van der Waals surface area contributed by atoms with Gasteiger partial charge in [0.1, 0.15) is 5.82 Å². The number of nitrogens with zero attached hydrogens (tertiary/aromatic N) is 1. The van der Waals surface area contributed by atoms with Crippen LogP contribution < -0.4 is 5.73 Å². The summed E-state index contributed by atoms with van der Waals surface area (Å²) >= 11 is 0. The highest BCUT2D eigenvalue weighted by molar-refractivity contribution is 5.24. The molecule has 1 aromatic rings. The standard InChI is InChI=1S/C14H23FN2O/c1-4-17(10-14(2,3)18)9-12-6-5-11(8-16)7-13(12)15/h5-7,18H,4,8-10,16H2,1-3H3. The second-order valence-electron chi connectivity index (χ2n) is 5.25. The molecular weight excluding hydrogens is 231 g/mol. The van der Waals surface area contributed by atoms with Gasteiger partial charge in [0.05, 0.1) is 5.60 Å². The topological polar surface area (TPSA) is 49.5 Å². The highest BCUT2D eigenvalue weighted by Crippen LogP contribution is 2.14. The summed E-state index contributed by atoms with van der Waals surface area (Å²) in [6, 6.07) is 5.09. The Morgan fingerprint density at radius 3 is 2.50 bits per heavy atom. The first-order valence-electron chi connectivity index (χ1n) is 6.28. The SMILES string of the molecule is CCN(Cc1ccc(CN)cc1F)CC(C)(C)O. The molecule has 0 aliphatic heterocycles. The first-order valence-corrected chi connectivity index (χ1v) is 6.28. The minimum absolute atomic E-state index is 0.229. The molecule has 0 fully saturated rings. The zero-order valence-corrected chi connectivity index (χ0v) is 11.4. The van der Waals surface area contributed by atoms with Crippen molar-refractivity contribution < 1.29 is 9.50 Å². The molecule has 3 N–H and O–H groups in total. The monoisotopic (exact) mass is 254 g/mol. The van der Waals surface area contributed by atoms with Gasteiger partial charge in [-0.2, -0.15) is 0 Å². The zero-order chi connectivity index (χ0) is 13.8. The number of hydrogen-bond acceptors (Lipinski definition) is 3. The molecule has 102 valence electrons. The number of benzene rings is 1. The van der Waals surface area contributed by atoms with Crippen molar-refractivity contribution in [1.29, 1.82) is 0 Å². The molecule has 18 heavy (non-hydrogen) atoms. The van der Waals surface area contributed by atoms with Crippen LogP contribution in [0.3, 0.4) is 0 Å². The number of halogens is 1. The predicted octanol–water partition coefficient (Wildman–Crippen LogP) is 1.88. The van der Waals surface area contributed by atoms with E-state index >= 15 is 0 Å². The third-order valence-corrected chi connectivity index (χ3v) is 2.80. The number of likely N-dealkylation sites (N-methyl/N-ethyl adjacent to an activating group) is 1. The summed E-state index contributed by atoms with van der Waals surface area (Å²) in [6.07, 6.45) is 0. The first-order chi connectivity index (χ1) is 8.35. The van der Waals surface area contributed by atoms with Crippen molar-refractivity contribution in [1.82, 2.24) is 4.90 Å². The van der Waals surface area contributed by atoms with Crippen molar-refractivity contribution in [2.75, 3.05) is 13.1 Å². The Balaban J connectivity index is 2.76. The summed E-state index contributed by atoms with van der Waals surface area (Å²) in [5, 5.41) is 9.80. The molecule has 1 rings (SSSR count). The second kappa shape index (κ2) is 6.27. The average molecular weight is 254 g/mol. The van der Waals surface area contributed by atoms with Gasteiger partial charge in [-0.25, -0.2) is 4.39 Å². The largest absolute Gasteiger partial charge is 0.389 e. The summed E-state index contributed by atoms with van der Waals surface area (Å²) in [5.41, 5.74) is 6.13. The Bertz CT molecular complexity index is 388. The quantitative estimate of drug-likeness (QED) is 0.815. The minimum Gasteiger partial charge on any atom is -0.389 e. The molecule has 1 aromatic carbocycles. The third kappa shape index (κ3) is 4.72. The summed E-state index contributed by atoms with van der Waals surface area (Å²) < 4.78 is 13.8. The highest BCUT2D eigenvalue weighted by Gasteiger charge is 2.18. The van der Waals surface area contributed by atoms with Crippen LogP contribution in [0, 0.1) is 5.82 Å². The van der Waals surface area contributed by atoms with Crippen LogP contribution in [0.15, 0.2) is 18.2 Å². The van der Waals surface area contributed by atoms with E-state index in [0.717, 1.165) is 12.1 Å². The maximum Gasteiger partial charge on any atom is 0.128 e. The predicted molar refractivity (Wildman–Crippen MR) is 71.5 cm³/mol. The average Bonchev–Trinajstić information content (AvgIpc) is 2.28. The van der Waals surface area contributed by atoms with E-state index in [1.54, 1.807) is 19.9 Å². The molecule has 0 aliphatic carbocycles. The van der Waals surface area contributed by atoms with E-state index in [1.165, 1.54) is 6.07 Å². The van der Waals surface area contributed by atoms with Crippen molar-refractivity contribution in [3.05, 3.63) is 35.1 Å². The van der Waals surface area contributed by atoms with Gasteiger partial charge in [-0.15, -0.1) is 0 Å². The van der Waals surface area contributed by atoms with Crippen molar-refractivity contribution in [3.63, 3.8) is 0 Å². The Hall–Kier alpha value is -0.970. The van der Waals surface area contributed by atoms with Crippen LogP contribution in [0.5, 0.6) is 0 Å². The fourth-order valence-corrected chi connectivity index (χ4v) is 1.91. The second-order valence-corrected chi connectivity index (χ2v) is 5.25. The van der Waals surface area contributed by atoms with E-state index < -0.39 is 5.60 Å². The maximum atomic E-state index is 13.8. The van der Waals surface area contributed by atoms with Gasteiger partial charge in [0.15, 0.2) is 0 Å². The molecule has 0 bridgehead atoms. The van der Waals surface area contributed by atoms with E-state index in [-0.39, 0.29) is 5.82 Å². The number of hydrogen-bond donors (Lipinski definition) is 2. The fourth-order valence-electron chi connectivity index (χ4n) is 1.91. The zero-order valence-electron chi connectivity index (χ0n) is 11.4. The Morgan fingerprint density at radius 1 is 1.39 bits per heavy atom. The number of aliphatic hydroxyl groups is 1. The molecule has 3 nitrogen and oxygen atoms in total. The Labute approximate surface area is 108 Å². The molecule has 0 radical (unpaired) electrons. The van der Waals surface area contributed by atoms with Crippen LogP contribution in [-0.4, -0.2) is 28.7 Å². The minimum atomic E-state index is -0.774. The van der Waals surface area contributed by atoms with Crippen LogP contribution in [0.1, 0.15) is 31.9 Å². The summed E-state index contributed by atoms with van der Waals surface area (Å²) in [4.78, 5) is 2.01. The lowest BCUT2D eigenvalue weighted by molar-refractivity contribution is 0.0350. The van der Waals surface area contributed by atoms with Crippen molar-refractivity contribution >= 4 is 0 Å². The van der Waals surface area contributed by atoms with E-state index in [0.29, 0.717) is 25.2 Å². The van der Waals surface area contributed by atoms with E-state index in [1.807, 2.05) is 17.9 Å². The van der Waals surface area contributed by atoms with Crippen LogP contribution in [0.4, 0.5) is 4.39 Å². The van der Waals surface area contributed by atoms with Crippen LogP contribution in [0.25, 0.3) is 0 Å². The molecular formula is C14H23FN2O. The van der Waals surface area contributed by atoms with Gasteiger partial charge < -0.3 is 10.8 Å². The van der Waals surface area contributed by atoms with E-state index in [4.69, 9.17) is 5.73 Å². The van der Waals surface area contributed by atoms with Gasteiger partial charge in [-0.05, 0) is 32.0 Å². The van der Waals surface area contributed by atoms with Gasteiger partial charge in [-0.1, -0.05) is 19.1 Å². The van der Waals surface area contributed by atoms with Crippen LogP contribution in [-0.2, 0) is 13.1 Å². The van der Waals surface area contributed by atoms with Crippen LogP contribution >= 0.6 is 0 Å². The molecule has 0 saturated heterocycles. The summed E-state index contributed by atoms with van der Waals surface area (Å²) in [7, 11) is 0. The first kappa shape index (κ1) is 15.1. The molecule has 0 amide bonds. The number of nitrogens with two attached hydrogens (primary N) is 1. The lowest BCUT2D eigenvalue weighted by Gasteiger charge is -2.28. The van der Waals surface area contributed by atoms with E-state index in [2.05, 4.69) is 0 Å². The van der Waals surface area contributed by atoms with Gasteiger partial charge in [-0.3, -0.25) is 4.90 Å². The molecule has 0 unspecified atom stereocenters. The number of rotatable bonds is 6. The summed E-state index contributed by atoms with van der Waals surface area (Å²) in [6.45, 7) is 7.63. The lowest BCUT2D eigenvalue weighted by atomic mass is 10.1. The molecule has 0 heterocycles. The molecule has 0 spiro atoms. The molecule has 0 aliphatic rings. The van der Waals surface area contributed by atoms with Crippen molar-refractivity contribution in [3.8, 4) is 0 Å². The molecule has 0 saturated carbocycles. The lowest BCUT2D eigenvalue weighted by Crippen LogP contribution is -2.38. The third-order valence-electron chi connectivity index (χ3n) is 2.80. The Morgan fingerprint density at radius 2 is 2.06 bits per heavy atom. The van der Waals surface area contributed by atoms with E-state index in [9.17, 15) is 9.50 Å². The summed E-state index contributed by atoms with van der Waals surface area (Å²) in [5.74, 6) is -0.229. The smallest absolute Gasteiger partial charge is 0.128 e. The molecule has 0 aromatic heterocycles.